The van der Waals surface area contributed by atoms with E-state index in [1.807, 2.05) is 0 Å². The summed E-state index contributed by atoms with van der Waals surface area (Å²) in [6.45, 7) is 3.58. The standard InChI is InChI=1S/C16H15NO4S/c1-2-12-21-16(18)13-8-10-14(11-9-13)17-22(19,20)15-6-4-3-5-7-15/h2-11,17H,1,12H2. The number of esters is 1. The Labute approximate surface area is 129 Å². The molecular weight excluding hydrogens is 302 g/mol. The number of hydrogen-bond donors (Lipinski definition) is 1. The molecule has 0 bridgehead atoms. The summed E-state index contributed by atoms with van der Waals surface area (Å²) in [5.74, 6) is -0.489. The van der Waals surface area contributed by atoms with Crippen molar-refractivity contribution in [1.82, 2.24) is 0 Å². The number of nitrogens with one attached hydrogen (secondary N) is 1. The molecule has 2 rings (SSSR count). The van der Waals surface area contributed by atoms with Crippen molar-refractivity contribution < 1.29 is 17.9 Å². The van der Waals surface area contributed by atoms with E-state index in [9.17, 15) is 13.2 Å². The summed E-state index contributed by atoms with van der Waals surface area (Å²) in [5, 5.41) is 0. The fourth-order valence-electron chi connectivity index (χ4n) is 1.71. The monoisotopic (exact) mass is 317 g/mol. The van der Waals surface area contributed by atoms with Gasteiger partial charge in [0.15, 0.2) is 0 Å². The van der Waals surface area contributed by atoms with Crippen molar-refractivity contribution in [2.24, 2.45) is 0 Å². The zero-order valence-electron chi connectivity index (χ0n) is 11.7. The molecule has 0 aliphatic rings. The Morgan fingerprint density at radius 1 is 1.09 bits per heavy atom. The molecule has 0 unspecified atom stereocenters. The lowest BCUT2D eigenvalue weighted by Crippen LogP contribution is -2.13. The Balaban J connectivity index is 2.11. The number of anilines is 1. The van der Waals surface area contributed by atoms with E-state index in [0.717, 1.165) is 0 Å². The minimum Gasteiger partial charge on any atom is -0.458 e. The van der Waals surface area contributed by atoms with Crippen molar-refractivity contribution in [3.63, 3.8) is 0 Å². The molecule has 0 atom stereocenters. The predicted octanol–water partition coefficient (Wildman–Crippen LogP) is 2.83. The van der Waals surface area contributed by atoms with Crippen LogP contribution in [-0.2, 0) is 14.8 Å². The van der Waals surface area contributed by atoms with Gasteiger partial charge in [0.2, 0.25) is 0 Å². The van der Waals surface area contributed by atoms with Crippen LogP contribution in [0.3, 0.4) is 0 Å². The molecule has 0 saturated carbocycles. The molecule has 0 aromatic heterocycles. The van der Waals surface area contributed by atoms with E-state index in [-0.39, 0.29) is 11.5 Å². The van der Waals surface area contributed by atoms with Gasteiger partial charge >= 0.3 is 5.97 Å². The second-order valence-corrected chi connectivity index (χ2v) is 6.07. The molecule has 2 aromatic rings. The maximum absolute atomic E-state index is 12.1. The van der Waals surface area contributed by atoms with Crippen LogP contribution in [0.1, 0.15) is 10.4 Å². The summed E-state index contributed by atoms with van der Waals surface area (Å²) in [4.78, 5) is 11.8. The van der Waals surface area contributed by atoms with Gasteiger partial charge in [0.05, 0.1) is 10.5 Å². The molecule has 1 N–H and O–H groups in total. The highest BCUT2D eigenvalue weighted by Crippen LogP contribution is 2.16. The normalized spacial score (nSPS) is 10.7. The first kappa shape index (κ1) is 15.8. The van der Waals surface area contributed by atoms with Gasteiger partial charge in [0, 0.05) is 5.69 Å². The van der Waals surface area contributed by atoms with E-state index in [2.05, 4.69) is 11.3 Å². The van der Waals surface area contributed by atoms with Crippen LogP contribution in [0.5, 0.6) is 0 Å². The van der Waals surface area contributed by atoms with E-state index in [4.69, 9.17) is 4.74 Å². The van der Waals surface area contributed by atoms with Crippen molar-refractivity contribution in [1.29, 1.82) is 0 Å². The van der Waals surface area contributed by atoms with Crippen LogP contribution >= 0.6 is 0 Å². The van der Waals surface area contributed by atoms with Crippen LogP contribution < -0.4 is 4.72 Å². The fourth-order valence-corrected chi connectivity index (χ4v) is 2.79. The van der Waals surface area contributed by atoms with Gasteiger partial charge < -0.3 is 4.74 Å². The Hall–Kier alpha value is -2.60. The molecule has 0 amide bonds. The number of carbonyl (C=O) groups excluding carboxylic acids is 1. The topological polar surface area (TPSA) is 72.5 Å². The summed E-state index contributed by atoms with van der Waals surface area (Å²) in [6, 6.07) is 14.0. The summed E-state index contributed by atoms with van der Waals surface area (Å²) in [7, 11) is -3.64. The largest absolute Gasteiger partial charge is 0.458 e. The Morgan fingerprint density at radius 2 is 1.73 bits per heavy atom. The quantitative estimate of drug-likeness (QED) is 0.657. The van der Waals surface area contributed by atoms with Gasteiger partial charge in [-0.2, -0.15) is 0 Å². The smallest absolute Gasteiger partial charge is 0.338 e. The zero-order valence-corrected chi connectivity index (χ0v) is 12.5. The molecule has 0 aliphatic heterocycles. The number of ether oxygens (including phenoxy) is 1. The molecule has 5 nitrogen and oxygen atoms in total. The minimum atomic E-state index is -3.64. The average molecular weight is 317 g/mol. The van der Waals surface area contributed by atoms with Crippen LogP contribution in [0.25, 0.3) is 0 Å². The third kappa shape index (κ3) is 3.95. The van der Waals surface area contributed by atoms with E-state index >= 15 is 0 Å². The second-order valence-electron chi connectivity index (χ2n) is 4.38. The molecule has 22 heavy (non-hydrogen) atoms. The molecule has 0 heterocycles. The first-order valence-corrected chi connectivity index (χ1v) is 7.97. The highest BCUT2D eigenvalue weighted by atomic mass is 32.2. The van der Waals surface area contributed by atoms with Crippen molar-refractivity contribution in [3.8, 4) is 0 Å². The van der Waals surface area contributed by atoms with Gasteiger partial charge in [-0.25, -0.2) is 13.2 Å². The van der Waals surface area contributed by atoms with Gasteiger partial charge in [-0.3, -0.25) is 4.72 Å². The highest BCUT2D eigenvalue weighted by Gasteiger charge is 2.14. The molecule has 0 aliphatic carbocycles. The number of carbonyl (C=O) groups is 1. The third-order valence-electron chi connectivity index (χ3n) is 2.76. The Morgan fingerprint density at radius 3 is 2.32 bits per heavy atom. The SMILES string of the molecule is C=CCOC(=O)c1ccc(NS(=O)(=O)c2ccccc2)cc1. The molecule has 0 saturated heterocycles. The summed E-state index contributed by atoms with van der Waals surface area (Å²) in [5.41, 5.74) is 0.702. The van der Waals surface area contributed by atoms with Gasteiger partial charge in [-0.1, -0.05) is 30.9 Å². The summed E-state index contributed by atoms with van der Waals surface area (Å²) in [6.07, 6.45) is 1.47. The lowest BCUT2D eigenvalue weighted by molar-refractivity contribution is 0.0550. The summed E-state index contributed by atoms with van der Waals surface area (Å²) < 4.78 is 31.6. The van der Waals surface area contributed by atoms with Crippen LogP contribution in [0, 0.1) is 0 Å². The van der Waals surface area contributed by atoms with Crippen molar-refractivity contribution in [2.45, 2.75) is 4.90 Å². The number of hydrogen-bond acceptors (Lipinski definition) is 4. The van der Waals surface area contributed by atoms with Crippen molar-refractivity contribution in [3.05, 3.63) is 72.8 Å². The van der Waals surface area contributed by atoms with Gasteiger partial charge in [0.25, 0.3) is 10.0 Å². The van der Waals surface area contributed by atoms with Gasteiger partial charge in [-0.15, -0.1) is 0 Å². The molecule has 0 spiro atoms. The van der Waals surface area contributed by atoms with Crippen LogP contribution in [0.4, 0.5) is 5.69 Å². The Kier molecular flexibility index (Phi) is 4.95. The highest BCUT2D eigenvalue weighted by molar-refractivity contribution is 7.92. The van der Waals surface area contributed by atoms with Gasteiger partial charge in [-0.05, 0) is 36.4 Å². The van der Waals surface area contributed by atoms with Gasteiger partial charge in [0.1, 0.15) is 6.61 Å². The number of sulfonamides is 1. The summed E-state index contributed by atoms with van der Waals surface area (Å²) >= 11 is 0. The fraction of sp³-hybridized carbons (Fsp3) is 0.0625. The Bertz CT molecular complexity index is 752. The zero-order chi connectivity index (χ0) is 16.0. The van der Waals surface area contributed by atoms with Crippen LogP contribution in [0.15, 0.2) is 72.1 Å². The third-order valence-corrected chi connectivity index (χ3v) is 4.16. The van der Waals surface area contributed by atoms with E-state index in [1.54, 1.807) is 18.2 Å². The first-order chi connectivity index (χ1) is 10.5. The molecular formula is C16H15NO4S. The first-order valence-electron chi connectivity index (χ1n) is 6.49. The molecule has 0 radical (unpaired) electrons. The number of rotatable bonds is 6. The lowest BCUT2D eigenvalue weighted by Gasteiger charge is -2.08. The molecule has 6 heteroatoms. The van der Waals surface area contributed by atoms with Crippen molar-refractivity contribution >= 4 is 21.7 Å². The van der Waals surface area contributed by atoms with E-state index in [0.29, 0.717) is 11.3 Å². The minimum absolute atomic E-state index is 0.126. The average Bonchev–Trinajstić information content (AvgIpc) is 2.54. The van der Waals surface area contributed by atoms with Crippen LogP contribution in [-0.4, -0.2) is 21.0 Å². The van der Waals surface area contributed by atoms with Crippen LogP contribution in [0.2, 0.25) is 0 Å². The maximum Gasteiger partial charge on any atom is 0.338 e. The maximum atomic E-state index is 12.1. The van der Waals surface area contributed by atoms with E-state index < -0.39 is 16.0 Å². The van der Waals surface area contributed by atoms with Crippen molar-refractivity contribution in [2.75, 3.05) is 11.3 Å². The number of benzene rings is 2. The molecule has 0 fully saturated rings. The lowest BCUT2D eigenvalue weighted by atomic mass is 10.2. The molecule has 114 valence electrons. The molecule has 2 aromatic carbocycles. The van der Waals surface area contributed by atoms with E-state index in [1.165, 1.54) is 42.5 Å². The second kappa shape index (κ2) is 6.91. The predicted molar refractivity (Wildman–Crippen MR) is 84.2 cm³/mol.